The van der Waals surface area contributed by atoms with Gasteiger partial charge in [-0.25, -0.2) is 0 Å². The molecule has 0 amide bonds. The second kappa shape index (κ2) is 6.20. The maximum Gasteiger partial charge on any atom is 0.137 e. The van der Waals surface area contributed by atoms with Crippen LogP contribution in [0.15, 0.2) is 28.7 Å². The van der Waals surface area contributed by atoms with Crippen molar-refractivity contribution >= 4 is 11.0 Å². The van der Waals surface area contributed by atoms with Gasteiger partial charge in [-0.05, 0) is 44.9 Å². The van der Waals surface area contributed by atoms with Crippen LogP contribution in [0.2, 0.25) is 0 Å². The molecule has 3 nitrogen and oxygen atoms in total. The van der Waals surface area contributed by atoms with Crippen LogP contribution in [0, 0.1) is 12.8 Å². The third-order valence-corrected chi connectivity index (χ3v) is 4.38. The van der Waals surface area contributed by atoms with Gasteiger partial charge in [0.1, 0.15) is 11.3 Å². The highest BCUT2D eigenvalue weighted by atomic mass is 16.5. The molecule has 114 valence electrons. The van der Waals surface area contributed by atoms with Crippen molar-refractivity contribution in [2.45, 2.75) is 45.8 Å². The molecule has 0 bridgehead atoms. The predicted octanol–water partition coefficient (Wildman–Crippen LogP) is 4.21. The van der Waals surface area contributed by atoms with Crippen LogP contribution in [-0.4, -0.2) is 19.3 Å². The number of rotatable bonds is 5. The van der Waals surface area contributed by atoms with Gasteiger partial charge in [0.25, 0.3) is 0 Å². The molecule has 1 saturated heterocycles. The zero-order chi connectivity index (χ0) is 14.8. The molecule has 1 N–H and O–H groups in total. The number of furan rings is 1. The lowest BCUT2D eigenvalue weighted by molar-refractivity contribution is 0.116. The third-order valence-electron chi connectivity index (χ3n) is 4.38. The lowest BCUT2D eigenvalue weighted by Gasteiger charge is -2.21. The van der Waals surface area contributed by atoms with Crippen molar-refractivity contribution in [3.05, 3.63) is 35.6 Å². The Morgan fingerprint density at radius 1 is 1.38 bits per heavy atom. The van der Waals surface area contributed by atoms with Crippen LogP contribution >= 0.6 is 0 Å². The molecule has 1 aromatic carbocycles. The fourth-order valence-corrected chi connectivity index (χ4v) is 3.26. The second-order valence-corrected chi connectivity index (χ2v) is 6.21. The summed E-state index contributed by atoms with van der Waals surface area (Å²) in [6.45, 7) is 8.27. The fraction of sp³-hybridized carbons (Fsp3) is 0.556. The summed E-state index contributed by atoms with van der Waals surface area (Å²) in [6.07, 6.45) is 2.57. The van der Waals surface area contributed by atoms with Crippen molar-refractivity contribution in [2.24, 2.45) is 5.92 Å². The summed E-state index contributed by atoms with van der Waals surface area (Å²) in [7, 11) is 0. The molecular formula is C18H25NO2. The van der Waals surface area contributed by atoms with E-state index in [0.717, 1.165) is 37.3 Å². The van der Waals surface area contributed by atoms with Gasteiger partial charge in [0.05, 0.1) is 18.8 Å². The van der Waals surface area contributed by atoms with Crippen molar-refractivity contribution in [2.75, 3.05) is 13.2 Å². The first-order valence-corrected chi connectivity index (χ1v) is 8.03. The minimum absolute atomic E-state index is 0.252. The molecule has 1 aliphatic rings. The monoisotopic (exact) mass is 287 g/mol. The molecular weight excluding hydrogens is 262 g/mol. The van der Waals surface area contributed by atoms with Crippen LogP contribution in [0.4, 0.5) is 0 Å². The Labute approximate surface area is 126 Å². The van der Waals surface area contributed by atoms with Crippen molar-refractivity contribution in [3.8, 4) is 0 Å². The number of hydrogen-bond donors (Lipinski definition) is 1. The second-order valence-electron chi connectivity index (χ2n) is 6.21. The van der Waals surface area contributed by atoms with Gasteiger partial charge in [0.2, 0.25) is 0 Å². The summed E-state index contributed by atoms with van der Waals surface area (Å²) in [5, 5.41) is 4.85. The summed E-state index contributed by atoms with van der Waals surface area (Å²) in [5.74, 6) is 1.54. The molecule has 0 aliphatic carbocycles. The molecule has 0 saturated carbocycles. The standard InChI is InChI=1S/C18H25NO2/c1-4-8-19-17(15-9-13(3)20-11-15)16-10-14-7-5-6-12(2)18(14)21-16/h5-7,10,13,15,17,19H,4,8-9,11H2,1-3H3. The van der Waals surface area contributed by atoms with Gasteiger partial charge < -0.3 is 14.5 Å². The quantitative estimate of drug-likeness (QED) is 0.894. The lowest BCUT2D eigenvalue weighted by Crippen LogP contribution is -2.29. The highest BCUT2D eigenvalue weighted by molar-refractivity contribution is 5.81. The molecule has 3 atom stereocenters. The van der Waals surface area contributed by atoms with E-state index >= 15 is 0 Å². The summed E-state index contributed by atoms with van der Waals surface area (Å²) >= 11 is 0. The first kappa shape index (κ1) is 14.6. The summed E-state index contributed by atoms with van der Waals surface area (Å²) in [5.41, 5.74) is 2.21. The van der Waals surface area contributed by atoms with Gasteiger partial charge in [0.15, 0.2) is 0 Å². The van der Waals surface area contributed by atoms with E-state index in [0.29, 0.717) is 12.0 Å². The van der Waals surface area contributed by atoms with Crippen LogP contribution in [0.25, 0.3) is 11.0 Å². The first-order chi connectivity index (χ1) is 10.2. The molecule has 0 spiro atoms. The van der Waals surface area contributed by atoms with Crippen molar-refractivity contribution in [1.29, 1.82) is 0 Å². The summed E-state index contributed by atoms with van der Waals surface area (Å²) < 4.78 is 12.0. The van der Waals surface area contributed by atoms with Crippen LogP contribution in [0.3, 0.4) is 0 Å². The van der Waals surface area contributed by atoms with Gasteiger partial charge in [-0.15, -0.1) is 0 Å². The lowest BCUT2D eigenvalue weighted by atomic mass is 9.94. The average Bonchev–Trinajstić information content (AvgIpc) is 3.07. The number of fused-ring (bicyclic) bond motifs is 1. The molecule has 0 radical (unpaired) electrons. The minimum atomic E-state index is 0.252. The molecule has 1 aliphatic heterocycles. The van der Waals surface area contributed by atoms with Gasteiger partial charge in [-0.2, -0.15) is 0 Å². The number of ether oxygens (including phenoxy) is 1. The summed E-state index contributed by atoms with van der Waals surface area (Å²) in [6, 6.07) is 8.76. The van der Waals surface area contributed by atoms with E-state index < -0.39 is 0 Å². The average molecular weight is 287 g/mol. The molecule has 3 heteroatoms. The number of aryl methyl sites for hydroxylation is 1. The van der Waals surface area contributed by atoms with Crippen molar-refractivity contribution in [3.63, 3.8) is 0 Å². The first-order valence-electron chi connectivity index (χ1n) is 8.03. The largest absolute Gasteiger partial charge is 0.459 e. The molecule has 2 heterocycles. The van der Waals surface area contributed by atoms with Gasteiger partial charge in [0, 0.05) is 11.3 Å². The Morgan fingerprint density at radius 3 is 2.90 bits per heavy atom. The van der Waals surface area contributed by atoms with Gasteiger partial charge in [-0.3, -0.25) is 0 Å². The Bertz CT molecular complexity index is 604. The number of benzene rings is 1. The Kier molecular flexibility index (Phi) is 4.32. The van der Waals surface area contributed by atoms with E-state index in [1.807, 2.05) is 0 Å². The molecule has 3 rings (SSSR count). The van der Waals surface area contributed by atoms with Crippen molar-refractivity contribution in [1.82, 2.24) is 5.32 Å². The van der Waals surface area contributed by atoms with E-state index in [4.69, 9.17) is 9.15 Å². The maximum absolute atomic E-state index is 6.19. The number of nitrogens with one attached hydrogen (secondary N) is 1. The Balaban J connectivity index is 1.91. The van der Waals surface area contributed by atoms with Gasteiger partial charge in [-0.1, -0.05) is 25.1 Å². The number of hydrogen-bond acceptors (Lipinski definition) is 3. The number of para-hydroxylation sites is 1. The molecule has 3 unspecified atom stereocenters. The van der Waals surface area contributed by atoms with Crippen LogP contribution in [0.1, 0.15) is 44.1 Å². The highest BCUT2D eigenvalue weighted by Crippen LogP contribution is 2.35. The fourth-order valence-electron chi connectivity index (χ4n) is 3.26. The SMILES string of the molecule is CCCNC(c1cc2cccc(C)c2o1)C1COC(C)C1. The van der Waals surface area contributed by atoms with Crippen molar-refractivity contribution < 1.29 is 9.15 Å². The minimum Gasteiger partial charge on any atom is -0.459 e. The Morgan fingerprint density at radius 2 is 2.24 bits per heavy atom. The highest BCUT2D eigenvalue weighted by Gasteiger charge is 2.32. The molecule has 1 fully saturated rings. The predicted molar refractivity (Wildman–Crippen MR) is 85.5 cm³/mol. The molecule has 1 aromatic heterocycles. The third kappa shape index (κ3) is 2.99. The van der Waals surface area contributed by atoms with E-state index in [2.05, 4.69) is 50.4 Å². The molecule has 2 aromatic rings. The maximum atomic E-state index is 6.19. The zero-order valence-corrected chi connectivity index (χ0v) is 13.2. The van der Waals surface area contributed by atoms with Gasteiger partial charge >= 0.3 is 0 Å². The molecule has 21 heavy (non-hydrogen) atoms. The zero-order valence-electron chi connectivity index (χ0n) is 13.2. The van der Waals surface area contributed by atoms with E-state index in [1.54, 1.807) is 0 Å². The van der Waals surface area contributed by atoms with Crippen LogP contribution in [0.5, 0.6) is 0 Å². The van der Waals surface area contributed by atoms with Crippen LogP contribution < -0.4 is 5.32 Å². The topological polar surface area (TPSA) is 34.4 Å². The van der Waals surface area contributed by atoms with Crippen LogP contribution in [-0.2, 0) is 4.74 Å². The smallest absolute Gasteiger partial charge is 0.137 e. The van der Waals surface area contributed by atoms with E-state index in [1.165, 1.54) is 10.9 Å². The normalized spacial score (nSPS) is 23.8. The Hall–Kier alpha value is -1.32. The van der Waals surface area contributed by atoms with E-state index in [9.17, 15) is 0 Å². The summed E-state index contributed by atoms with van der Waals surface area (Å²) in [4.78, 5) is 0. The van der Waals surface area contributed by atoms with E-state index in [-0.39, 0.29) is 6.04 Å².